The zero-order valence-corrected chi connectivity index (χ0v) is 10.2. The van der Waals surface area contributed by atoms with Crippen LogP contribution >= 0.6 is 0 Å². The summed E-state index contributed by atoms with van der Waals surface area (Å²) in [6, 6.07) is 4.02. The molecule has 1 aromatic heterocycles. The van der Waals surface area contributed by atoms with Gasteiger partial charge in [0.2, 0.25) is 5.95 Å². The van der Waals surface area contributed by atoms with E-state index in [1.54, 1.807) is 6.07 Å². The van der Waals surface area contributed by atoms with Gasteiger partial charge in [0.05, 0.1) is 0 Å². The van der Waals surface area contributed by atoms with Gasteiger partial charge in [0, 0.05) is 24.8 Å². The van der Waals surface area contributed by atoms with Gasteiger partial charge >= 0.3 is 0 Å². The van der Waals surface area contributed by atoms with Crippen LogP contribution in [-0.4, -0.2) is 29.1 Å². The molecule has 0 radical (unpaired) electrons. The molecule has 1 aromatic rings. The fourth-order valence-electron chi connectivity index (χ4n) is 2.10. The Kier molecular flexibility index (Phi) is 3.25. The Balaban J connectivity index is 2.23. The molecule has 1 saturated heterocycles. The first-order valence-corrected chi connectivity index (χ1v) is 5.86. The summed E-state index contributed by atoms with van der Waals surface area (Å²) in [5, 5.41) is 8.90. The summed E-state index contributed by atoms with van der Waals surface area (Å²) in [6.45, 7) is 5.73. The number of piperidine rings is 1. The van der Waals surface area contributed by atoms with Crippen LogP contribution in [0, 0.1) is 24.2 Å². The van der Waals surface area contributed by atoms with Crippen molar-refractivity contribution in [3.05, 3.63) is 17.5 Å². The van der Waals surface area contributed by atoms with Crippen molar-refractivity contribution in [1.82, 2.24) is 9.97 Å². The average Bonchev–Trinajstić information content (AvgIpc) is 2.32. The summed E-state index contributed by atoms with van der Waals surface area (Å²) < 4.78 is 0. The molecule has 1 aliphatic heterocycles. The normalized spacial score (nSPS) is 24.5. The van der Waals surface area contributed by atoms with Crippen LogP contribution in [0.4, 0.5) is 5.95 Å². The molecule has 5 heteroatoms. The molecule has 2 heterocycles. The molecule has 2 rings (SSSR count). The van der Waals surface area contributed by atoms with Crippen molar-refractivity contribution in [1.29, 1.82) is 5.26 Å². The molecule has 1 fully saturated rings. The second kappa shape index (κ2) is 4.68. The maximum Gasteiger partial charge on any atom is 0.226 e. The van der Waals surface area contributed by atoms with Crippen LogP contribution in [-0.2, 0) is 0 Å². The maximum atomic E-state index is 8.90. The molecule has 17 heavy (non-hydrogen) atoms. The van der Waals surface area contributed by atoms with Gasteiger partial charge in [0.15, 0.2) is 0 Å². The van der Waals surface area contributed by atoms with Crippen molar-refractivity contribution in [3.63, 3.8) is 0 Å². The Morgan fingerprint density at radius 1 is 1.53 bits per heavy atom. The van der Waals surface area contributed by atoms with Crippen LogP contribution in [0.1, 0.15) is 24.7 Å². The van der Waals surface area contributed by atoms with Crippen LogP contribution in [0.5, 0.6) is 0 Å². The van der Waals surface area contributed by atoms with Gasteiger partial charge in [0.1, 0.15) is 11.8 Å². The van der Waals surface area contributed by atoms with Gasteiger partial charge in [-0.2, -0.15) is 5.26 Å². The molecule has 90 valence electrons. The van der Waals surface area contributed by atoms with Crippen LogP contribution in [0.2, 0.25) is 0 Å². The van der Waals surface area contributed by atoms with E-state index in [0.717, 1.165) is 25.2 Å². The number of nitrogens with two attached hydrogens (primary N) is 1. The van der Waals surface area contributed by atoms with Crippen LogP contribution in [0.15, 0.2) is 6.07 Å². The summed E-state index contributed by atoms with van der Waals surface area (Å²) in [5.41, 5.74) is 7.24. The maximum absolute atomic E-state index is 8.90. The molecular weight excluding hydrogens is 214 g/mol. The minimum atomic E-state index is 0.256. The Labute approximate surface area is 101 Å². The number of aryl methyl sites for hydroxylation is 1. The lowest BCUT2D eigenvalue weighted by Crippen LogP contribution is -2.46. The lowest BCUT2D eigenvalue weighted by atomic mass is 9.95. The van der Waals surface area contributed by atoms with Gasteiger partial charge in [-0.3, -0.25) is 0 Å². The molecule has 0 amide bonds. The summed E-state index contributed by atoms with van der Waals surface area (Å²) in [4.78, 5) is 10.7. The Bertz CT molecular complexity index is 451. The standard InChI is InChI=1S/C12H17N5/c1-8-7-17(4-3-11(8)14)12-15-9(2)5-10(6-13)16-12/h5,8,11H,3-4,7,14H2,1-2H3. The van der Waals surface area contributed by atoms with E-state index < -0.39 is 0 Å². The molecule has 2 unspecified atom stereocenters. The number of nitrogens with zero attached hydrogens (tertiary/aromatic N) is 4. The van der Waals surface area contributed by atoms with Crippen molar-refractivity contribution >= 4 is 5.95 Å². The van der Waals surface area contributed by atoms with Gasteiger partial charge in [0.25, 0.3) is 0 Å². The summed E-state index contributed by atoms with van der Waals surface area (Å²) in [5.74, 6) is 1.08. The number of hydrogen-bond donors (Lipinski definition) is 1. The van der Waals surface area contributed by atoms with Crippen molar-refractivity contribution in [2.75, 3.05) is 18.0 Å². The minimum Gasteiger partial charge on any atom is -0.340 e. The molecule has 0 aliphatic carbocycles. The molecule has 0 spiro atoms. The van der Waals surface area contributed by atoms with Crippen molar-refractivity contribution in [2.45, 2.75) is 26.3 Å². The van der Waals surface area contributed by atoms with Gasteiger partial charge < -0.3 is 10.6 Å². The van der Waals surface area contributed by atoms with Crippen molar-refractivity contribution in [2.24, 2.45) is 11.7 Å². The van der Waals surface area contributed by atoms with Crippen molar-refractivity contribution < 1.29 is 0 Å². The molecule has 1 aliphatic rings. The number of hydrogen-bond acceptors (Lipinski definition) is 5. The first-order valence-electron chi connectivity index (χ1n) is 5.86. The zero-order valence-electron chi connectivity index (χ0n) is 10.2. The van der Waals surface area contributed by atoms with E-state index >= 15 is 0 Å². The summed E-state index contributed by atoms with van der Waals surface area (Å²) in [6.07, 6.45) is 0.945. The quantitative estimate of drug-likeness (QED) is 0.774. The molecule has 5 nitrogen and oxygen atoms in total. The highest BCUT2D eigenvalue weighted by molar-refractivity contribution is 5.36. The highest BCUT2D eigenvalue weighted by atomic mass is 15.3. The van der Waals surface area contributed by atoms with Gasteiger partial charge in [-0.15, -0.1) is 0 Å². The van der Waals surface area contributed by atoms with E-state index in [4.69, 9.17) is 11.0 Å². The van der Waals surface area contributed by atoms with E-state index in [1.807, 2.05) is 6.92 Å². The minimum absolute atomic E-state index is 0.256. The zero-order chi connectivity index (χ0) is 12.4. The van der Waals surface area contributed by atoms with Crippen LogP contribution in [0.3, 0.4) is 0 Å². The number of rotatable bonds is 1. The second-order valence-corrected chi connectivity index (χ2v) is 4.68. The first kappa shape index (κ1) is 11.8. The third-order valence-electron chi connectivity index (χ3n) is 3.21. The lowest BCUT2D eigenvalue weighted by molar-refractivity contribution is 0.379. The number of nitriles is 1. The largest absolute Gasteiger partial charge is 0.340 e. The van der Waals surface area contributed by atoms with E-state index in [1.165, 1.54) is 0 Å². The third kappa shape index (κ3) is 2.53. The molecule has 0 aromatic carbocycles. The molecule has 2 atom stereocenters. The van der Waals surface area contributed by atoms with Gasteiger partial charge in [-0.1, -0.05) is 6.92 Å². The van der Waals surface area contributed by atoms with Crippen LogP contribution < -0.4 is 10.6 Å². The van der Waals surface area contributed by atoms with Crippen LogP contribution in [0.25, 0.3) is 0 Å². The molecule has 2 N–H and O–H groups in total. The highest BCUT2D eigenvalue weighted by Gasteiger charge is 2.24. The Morgan fingerprint density at radius 2 is 2.29 bits per heavy atom. The van der Waals surface area contributed by atoms with E-state index in [9.17, 15) is 0 Å². The topological polar surface area (TPSA) is 78.8 Å². The predicted octanol–water partition coefficient (Wildman–Crippen LogP) is 0.830. The SMILES string of the molecule is Cc1cc(C#N)nc(N2CCC(N)C(C)C2)n1. The number of aromatic nitrogens is 2. The van der Waals surface area contributed by atoms with E-state index in [-0.39, 0.29) is 6.04 Å². The van der Waals surface area contributed by atoms with Gasteiger partial charge in [-0.05, 0) is 25.3 Å². The highest BCUT2D eigenvalue weighted by Crippen LogP contribution is 2.19. The number of anilines is 1. The van der Waals surface area contributed by atoms with E-state index in [2.05, 4.69) is 27.9 Å². The Hall–Kier alpha value is -1.67. The Morgan fingerprint density at radius 3 is 2.94 bits per heavy atom. The first-order chi connectivity index (χ1) is 8.10. The summed E-state index contributed by atoms with van der Waals surface area (Å²) in [7, 11) is 0. The second-order valence-electron chi connectivity index (χ2n) is 4.68. The summed E-state index contributed by atoms with van der Waals surface area (Å²) >= 11 is 0. The fourth-order valence-corrected chi connectivity index (χ4v) is 2.10. The molecule has 0 saturated carbocycles. The lowest BCUT2D eigenvalue weighted by Gasteiger charge is -2.35. The smallest absolute Gasteiger partial charge is 0.226 e. The fraction of sp³-hybridized carbons (Fsp3) is 0.583. The van der Waals surface area contributed by atoms with Crippen molar-refractivity contribution in [3.8, 4) is 6.07 Å². The molecule has 0 bridgehead atoms. The monoisotopic (exact) mass is 231 g/mol. The van der Waals surface area contributed by atoms with E-state index in [0.29, 0.717) is 17.6 Å². The molecular formula is C12H17N5. The van der Waals surface area contributed by atoms with Gasteiger partial charge in [-0.25, -0.2) is 9.97 Å². The predicted molar refractivity (Wildman–Crippen MR) is 65.5 cm³/mol. The average molecular weight is 231 g/mol. The third-order valence-corrected chi connectivity index (χ3v) is 3.21.